The summed E-state index contributed by atoms with van der Waals surface area (Å²) in [5, 5.41) is 14.6. The monoisotopic (exact) mass is 396 g/mol. The number of carbonyl (C=O) groups excluding carboxylic acids is 2. The summed E-state index contributed by atoms with van der Waals surface area (Å²) in [6.45, 7) is 4.36. The highest BCUT2D eigenvalue weighted by Crippen LogP contribution is 2.07. The van der Waals surface area contributed by atoms with Gasteiger partial charge < -0.3 is 32.2 Å². The molecule has 0 aromatic carbocycles. The zero-order valence-electron chi connectivity index (χ0n) is 16.5. The molecule has 0 spiro atoms. The van der Waals surface area contributed by atoms with Crippen molar-refractivity contribution in [2.24, 2.45) is 17.4 Å². The van der Waals surface area contributed by atoms with Gasteiger partial charge in [0.25, 0.3) is 0 Å². The van der Waals surface area contributed by atoms with Crippen molar-refractivity contribution in [3.63, 3.8) is 0 Å². The van der Waals surface area contributed by atoms with Gasteiger partial charge in [-0.1, -0.05) is 13.8 Å². The fraction of sp³-hybridized carbons (Fsp3) is 0.667. The summed E-state index contributed by atoms with van der Waals surface area (Å²) in [6.07, 6.45) is 5.12. The van der Waals surface area contributed by atoms with Crippen molar-refractivity contribution in [1.82, 2.24) is 20.6 Å². The minimum absolute atomic E-state index is 0.0530. The number of carbonyl (C=O) groups is 3. The van der Waals surface area contributed by atoms with Crippen LogP contribution in [0.25, 0.3) is 0 Å². The number of unbranched alkanes of at least 4 members (excludes halogenated alkanes) is 1. The molecule has 0 aliphatic heterocycles. The van der Waals surface area contributed by atoms with Crippen LogP contribution in [0.5, 0.6) is 0 Å². The van der Waals surface area contributed by atoms with E-state index in [2.05, 4.69) is 20.6 Å². The summed E-state index contributed by atoms with van der Waals surface area (Å²) in [4.78, 5) is 43.2. The number of hydrogen-bond acceptors (Lipinski definition) is 6. The Kier molecular flexibility index (Phi) is 10.2. The second kappa shape index (κ2) is 12.1. The van der Waals surface area contributed by atoms with E-state index in [0.717, 1.165) is 0 Å². The maximum absolute atomic E-state index is 12.7. The van der Waals surface area contributed by atoms with Crippen LogP contribution in [0.1, 0.15) is 45.2 Å². The van der Waals surface area contributed by atoms with Crippen molar-refractivity contribution in [3.8, 4) is 0 Å². The highest BCUT2D eigenvalue weighted by Gasteiger charge is 2.28. The smallest absolute Gasteiger partial charge is 0.326 e. The van der Waals surface area contributed by atoms with Gasteiger partial charge in [-0.05, 0) is 38.1 Å². The highest BCUT2D eigenvalue weighted by atomic mass is 16.4. The van der Waals surface area contributed by atoms with Crippen LogP contribution >= 0.6 is 0 Å². The summed E-state index contributed by atoms with van der Waals surface area (Å²) in [5.41, 5.74) is 12.0. The normalized spacial score (nSPS) is 14.3. The molecule has 3 unspecified atom stereocenters. The Labute approximate surface area is 164 Å². The number of nitrogens with two attached hydrogens (primary N) is 2. The number of H-pyrrole nitrogens is 1. The number of carboxylic acids is 1. The first-order chi connectivity index (χ1) is 13.2. The van der Waals surface area contributed by atoms with Crippen LogP contribution in [0, 0.1) is 5.92 Å². The van der Waals surface area contributed by atoms with Crippen LogP contribution in [0.15, 0.2) is 12.5 Å². The van der Waals surface area contributed by atoms with Gasteiger partial charge in [-0.15, -0.1) is 0 Å². The van der Waals surface area contributed by atoms with Crippen LogP contribution in [-0.2, 0) is 20.8 Å². The second-order valence-electron chi connectivity index (χ2n) is 7.26. The third kappa shape index (κ3) is 8.49. The lowest BCUT2D eigenvalue weighted by molar-refractivity contribution is -0.142. The standard InChI is InChI=1S/C18H32N6O4/c1-11(2)7-13(20)16(25)23-14(5-3-4-6-19)17(26)24-15(18(27)28)8-12-9-21-10-22-12/h9-11,13-15H,3-8,19-20H2,1-2H3,(H,21,22)(H,23,25)(H,24,26)(H,27,28). The molecule has 3 atom stereocenters. The number of imidazole rings is 1. The molecule has 0 aliphatic carbocycles. The molecule has 0 saturated carbocycles. The molecule has 0 radical (unpaired) electrons. The number of rotatable bonds is 13. The molecule has 1 aromatic heterocycles. The van der Waals surface area contributed by atoms with Crippen LogP contribution < -0.4 is 22.1 Å². The van der Waals surface area contributed by atoms with E-state index in [1.165, 1.54) is 12.5 Å². The van der Waals surface area contributed by atoms with Crippen molar-refractivity contribution < 1.29 is 19.5 Å². The third-order valence-corrected chi connectivity index (χ3v) is 4.24. The third-order valence-electron chi connectivity index (χ3n) is 4.24. The van der Waals surface area contributed by atoms with E-state index >= 15 is 0 Å². The van der Waals surface area contributed by atoms with Crippen LogP contribution in [0.2, 0.25) is 0 Å². The topological polar surface area (TPSA) is 176 Å². The quantitative estimate of drug-likeness (QED) is 0.244. The Bertz CT molecular complexity index is 620. The lowest BCUT2D eigenvalue weighted by Gasteiger charge is -2.23. The molecule has 1 heterocycles. The predicted molar refractivity (Wildman–Crippen MR) is 104 cm³/mol. The Hall–Kier alpha value is -2.46. The lowest BCUT2D eigenvalue weighted by Crippen LogP contribution is -2.55. The fourth-order valence-corrected chi connectivity index (χ4v) is 2.74. The number of hydrogen-bond donors (Lipinski definition) is 6. The number of aromatic amines is 1. The van der Waals surface area contributed by atoms with E-state index in [-0.39, 0.29) is 12.3 Å². The average Bonchev–Trinajstić information content (AvgIpc) is 3.12. The summed E-state index contributed by atoms with van der Waals surface area (Å²) in [7, 11) is 0. The number of nitrogens with zero attached hydrogens (tertiary/aromatic N) is 1. The van der Waals surface area contributed by atoms with Crippen molar-refractivity contribution in [3.05, 3.63) is 18.2 Å². The van der Waals surface area contributed by atoms with Gasteiger partial charge in [0, 0.05) is 18.3 Å². The van der Waals surface area contributed by atoms with Crippen molar-refractivity contribution in [1.29, 1.82) is 0 Å². The molecule has 1 aromatic rings. The van der Waals surface area contributed by atoms with Crippen LogP contribution in [0.4, 0.5) is 0 Å². The summed E-state index contributed by atoms with van der Waals surface area (Å²) in [5.74, 6) is -1.93. The molecule has 0 saturated heterocycles. The van der Waals surface area contributed by atoms with Gasteiger partial charge in [0.2, 0.25) is 11.8 Å². The molecule has 0 bridgehead atoms. The Morgan fingerprint density at radius 2 is 1.86 bits per heavy atom. The Morgan fingerprint density at radius 3 is 2.39 bits per heavy atom. The molecule has 158 valence electrons. The summed E-state index contributed by atoms with van der Waals surface area (Å²) < 4.78 is 0. The molecule has 1 rings (SSSR count). The largest absolute Gasteiger partial charge is 0.480 e. The molecule has 2 amide bonds. The Balaban J connectivity index is 2.78. The summed E-state index contributed by atoms with van der Waals surface area (Å²) >= 11 is 0. The first-order valence-electron chi connectivity index (χ1n) is 9.51. The zero-order chi connectivity index (χ0) is 21.1. The summed E-state index contributed by atoms with van der Waals surface area (Å²) in [6, 6.07) is -2.75. The van der Waals surface area contributed by atoms with E-state index in [1.54, 1.807) is 0 Å². The molecule has 10 nitrogen and oxygen atoms in total. The number of nitrogens with one attached hydrogen (secondary N) is 3. The van der Waals surface area contributed by atoms with Crippen LogP contribution in [-0.4, -0.2) is 57.5 Å². The molecular weight excluding hydrogens is 364 g/mol. The second-order valence-corrected chi connectivity index (χ2v) is 7.26. The predicted octanol–water partition coefficient (Wildman–Crippen LogP) is -0.491. The van der Waals surface area contributed by atoms with Gasteiger partial charge in [-0.2, -0.15) is 0 Å². The number of carboxylic acid groups (broad SMARTS) is 1. The molecule has 0 aliphatic rings. The van der Waals surface area contributed by atoms with Gasteiger partial charge in [0.15, 0.2) is 0 Å². The first kappa shape index (κ1) is 23.6. The van der Waals surface area contributed by atoms with Crippen molar-refractivity contribution >= 4 is 17.8 Å². The first-order valence-corrected chi connectivity index (χ1v) is 9.51. The maximum Gasteiger partial charge on any atom is 0.326 e. The highest BCUT2D eigenvalue weighted by molar-refractivity contribution is 5.91. The molecule has 0 fully saturated rings. The minimum Gasteiger partial charge on any atom is -0.480 e. The average molecular weight is 396 g/mol. The SMILES string of the molecule is CC(C)CC(N)C(=O)NC(CCCCN)C(=O)NC(Cc1cnc[nH]1)C(=O)O. The zero-order valence-corrected chi connectivity index (χ0v) is 16.5. The molecule has 28 heavy (non-hydrogen) atoms. The lowest BCUT2D eigenvalue weighted by atomic mass is 10.0. The molecule has 8 N–H and O–H groups in total. The van der Waals surface area contributed by atoms with E-state index in [0.29, 0.717) is 37.9 Å². The minimum atomic E-state index is -1.17. The van der Waals surface area contributed by atoms with Gasteiger partial charge in [-0.3, -0.25) is 9.59 Å². The maximum atomic E-state index is 12.7. The van der Waals surface area contributed by atoms with Gasteiger partial charge in [0.05, 0.1) is 12.4 Å². The van der Waals surface area contributed by atoms with Crippen molar-refractivity contribution in [2.75, 3.05) is 6.54 Å². The number of amides is 2. The molecule has 10 heteroatoms. The van der Waals surface area contributed by atoms with Gasteiger partial charge in [0.1, 0.15) is 12.1 Å². The van der Waals surface area contributed by atoms with E-state index < -0.39 is 35.9 Å². The van der Waals surface area contributed by atoms with E-state index in [9.17, 15) is 19.5 Å². The van der Waals surface area contributed by atoms with Crippen LogP contribution in [0.3, 0.4) is 0 Å². The van der Waals surface area contributed by atoms with E-state index in [1.807, 2.05) is 13.8 Å². The van der Waals surface area contributed by atoms with Crippen molar-refractivity contribution in [2.45, 2.75) is 64.1 Å². The van der Waals surface area contributed by atoms with Gasteiger partial charge >= 0.3 is 5.97 Å². The Morgan fingerprint density at radius 1 is 1.18 bits per heavy atom. The van der Waals surface area contributed by atoms with E-state index in [4.69, 9.17) is 11.5 Å². The molecular formula is C18H32N6O4. The fourth-order valence-electron chi connectivity index (χ4n) is 2.74. The number of aromatic nitrogens is 2. The number of aliphatic carboxylic acids is 1. The van der Waals surface area contributed by atoms with Gasteiger partial charge in [-0.25, -0.2) is 9.78 Å².